The third kappa shape index (κ3) is 2.71. The van der Waals surface area contributed by atoms with Gasteiger partial charge < -0.3 is 10.4 Å². The first-order valence-electron chi connectivity index (χ1n) is 5.33. The molecule has 2 N–H and O–H groups in total. The first-order valence-corrected chi connectivity index (χ1v) is 5.33. The van der Waals surface area contributed by atoms with Crippen LogP contribution in [-0.4, -0.2) is 11.1 Å². The smallest absolute Gasteiger partial charge is 0.335 e. The summed E-state index contributed by atoms with van der Waals surface area (Å²) in [7, 11) is 0. The molecule has 3 nitrogen and oxygen atoms in total. The minimum atomic E-state index is -1.51. The van der Waals surface area contributed by atoms with Crippen LogP contribution in [0, 0.1) is 23.3 Å². The van der Waals surface area contributed by atoms with Crippen LogP contribution >= 0.6 is 0 Å². The number of halogens is 4. The minimum absolute atomic E-state index is 0.467. The van der Waals surface area contributed by atoms with Crippen LogP contribution in [0.5, 0.6) is 0 Å². The highest BCUT2D eigenvalue weighted by Crippen LogP contribution is 2.26. The van der Waals surface area contributed by atoms with Crippen LogP contribution in [0.1, 0.15) is 10.4 Å². The van der Waals surface area contributed by atoms with Crippen molar-refractivity contribution in [3.63, 3.8) is 0 Å². The quantitative estimate of drug-likeness (QED) is 0.846. The molecule has 0 bridgehead atoms. The Hall–Kier alpha value is -2.57. The Morgan fingerprint density at radius 1 is 0.950 bits per heavy atom. The summed E-state index contributed by atoms with van der Waals surface area (Å²) in [5.74, 6) is -5.67. The average molecular weight is 285 g/mol. The number of carbonyl (C=O) groups is 1. The number of carboxylic acids is 1. The van der Waals surface area contributed by atoms with Gasteiger partial charge in [0.1, 0.15) is 17.3 Å². The van der Waals surface area contributed by atoms with Gasteiger partial charge in [-0.15, -0.1) is 0 Å². The Morgan fingerprint density at radius 2 is 1.55 bits per heavy atom. The molecule has 7 heteroatoms. The van der Waals surface area contributed by atoms with E-state index >= 15 is 0 Å². The summed E-state index contributed by atoms with van der Waals surface area (Å²) in [6, 6.07) is 3.51. The molecule has 0 saturated heterocycles. The first-order chi connectivity index (χ1) is 9.38. The number of nitrogens with one attached hydrogen (secondary N) is 1. The van der Waals surface area contributed by atoms with Gasteiger partial charge in [-0.2, -0.15) is 0 Å². The lowest BCUT2D eigenvalue weighted by Crippen LogP contribution is -2.04. The Labute approximate surface area is 110 Å². The second-order valence-corrected chi connectivity index (χ2v) is 3.87. The number of rotatable bonds is 3. The summed E-state index contributed by atoms with van der Waals surface area (Å²) >= 11 is 0. The third-order valence-corrected chi connectivity index (χ3v) is 2.48. The maximum absolute atomic E-state index is 13.6. The molecule has 0 aliphatic carbocycles. The van der Waals surface area contributed by atoms with Crippen molar-refractivity contribution in [1.82, 2.24) is 0 Å². The SMILES string of the molecule is O=C(O)c1cc(F)c(Nc2cc(F)ccc2F)c(F)c1. The van der Waals surface area contributed by atoms with Gasteiger partial charge in [0.05, 0.1) is 11.3 Å². The van der Waals surface area contributed by atoms with Gasteiger partial charge in [0.15, 0.2) is 11.6 Å². The zero-order valence-electron chi connectivity index (χ0n) is 9.75. The van der Waals surface area contributed by atoms with Gasteiger partial charge in [-0.1, -0.05) is 0 Å². The summed E-state index contributed by atoms with van der Waals surface area (Å²) in [4.78, 5) is 10.6. The summed E-state index contributed by atoms with van der Waals surface area (Å²) in [6.45, 7) is 0. The standard InChI is InChI=1S/C13H7F4NO2/c14-7-1-2-8(15)11(5-7)18-12-9(16)3-6(13(19)20)4-10(12)17/h1-5,18H,(H,19,20). The van der Waals surface area contributed by atoms with Crippen molar-refractivity contribution in [3.8, 4) is 0 Å². The van der Waals surface area contributed by atoms with Gasteiger partial charge in [-0.3, -0.25) is 0 Å². The van der Waals surface area contributed by atoms with Crippen LogP contribution in [0.2, 0.25) is 0 Å². The van der Waals surface area contributed by atoms with Crippen molar-refractivity contribution >= 4 is 17.3 Å². The lowest BCUT2D eigenvalue weighted by molar-refractivity contribution is 0.0696. The minimum Gasteiger partial charge on any atom is -0.478 e. The zero-order valence-corrected chi connectivity index (χ0v) is 9.75. The van der Waals surface area contributed by atoms with E-state index in [0.29, 0.717) is 12.1 Å². The van der Waals surface area contributed by atoms with Gasteiger partial charge in [0.2, 0.25) is 0 Å². The second kappa shape index (κ2) is 5.20. The van der Waals surface area contributed by atoms with E-state index in [-0.39, 0.29) is 0 Å². The Bertz CT molecular complexity index is 665. The molecule has 0 atom stereocenters. The van der Waals surface area contributed by atoms with Crippen LogP contribution in [0.25, 0.3) is 0 Å². The number of carboxylic acid groups (broad SMARTS) is 1. The maximum atomic E-state index is 13.6. The summed E-state index contributed by atoms with van der Waals surface area (Å²) in [6.07, 6.45) is 0. The maximum Gasteiger partial charge on any atom is 0.335 e. The van der Waals surface area contributed by atoms with Crippen LogP contribution in [0.4, 0.5) is 28.9 Å². The molecule has 0 saturated carbocycles. The topological polar surface area (TPSA) is 49.3 Å². The fraction of sp³-hybridized carbons (Fsp3) is 0. The Kier molecular flexibility index (Phi) is 3.60. The van der Waals surface area contributed by atoms with Crippen LogP contribution in [0.15, 0.2) is 30.3 Å². The molecule has 2 aromatic rings. The largest absolute Gasteiger partial charge is 0.478 e. The molecule has 0 amide bonds. The molecular weight excluding hydrogens is 278 g/mol. The highest BCUT2D eigenvalue weighted by Gasteiger charge is 2.16. The lowest BCUT2D eigenvalue weighted by atomic mass is 10.1. The lowest BCUT2D eigenvalue weighted by Gasteiger charge is -2.10. The molecule has 0 fully saturated rings. The van der Waals surface area contributed by atoms with Crippen molar-refractivity contribution in [3.05, 3.63) is 59.2 Å². The predicted molar refractivity (Wildman–Crippen MR) is 63.0 cm³/mol. The van der Waals surface area contributed by atoms with Crippen molar-refractivity contribution < 1.29 is 27.5 Å². The molecule has 104 valence electrons. The molecule has 2 rings (SSSR count). The van der Waals surface area contributed by atoms with Gasteiger partial charge in [-0.25, -0.2) is 22.4 Å². The van der Waals surface area contributed by atoms with Crippen LogP contribution in [-0.2, 0) is 0 Å². The molecule has 0 spiro atoms. The number of benzene rings is 2. The van der Waals surface area contributed by atoms with E-state index in [1.165, 1.54) is 0 Å². The van der Waals surface area contributed by atoms with Gasteiger partial charge in [0.25, 0.3) is 0 Å². The first kappa shape index (κ1) is 13.9. The molecular formula is C13H7F4NO2. The monoisotopic (exact) mass is 285 g/mol. The van der Waals surface area contributed by atoms with Gasteiger partial charge in [0, 0.05) is 6.07 Å². The summed E-state index contributed by atoms with van der Waals surface area (Å²) in [5.41, 5.74) is -1.82. The predicted octanol–water partition coefficient (Wildman–Crippen LogP) is 3.68. The van der Waals surface area contributed by atoms with Crippen molar-refractivity contribution in [1.29, 1.82) is 0 Å². The van der Waals surface area contributed by atoms with Crippen molar-refractivity contribution in [2.45, 2.75) is 0 Å². The Morgan fingerprint density at radius 3 is 2.10 bits per heavy atom. The molecule has 0 unspecified atom stereocenters. The van der Waals surface area contributed by atoms with Crippen LogP contribution < -0.4 is 5.32 Å². The number of anilines is 2. The molecule has 0 radical (unpaired) electrons. The van der Waals surface area contributed by atoms with E-state index in [2.05, 4.69) is 5.32 Å². The van der Waals surface area contributed by atoms with E-state index < -0.39 is 46.2 Å². The molecule has 0 aliphatic rings. The third-order valence-electron chi connectivity index (χ3n) is 2.48. The second-order valence-electron chi connectivity index (χ2n) is 3.87. The number of aromatic carboxylic acids is 1. The zero-order chi connectivity index (χ0) is 14.9. The summed E-state index contributed by atoms with van der Waals surface area (Å²) < 4.78 is 53.5. The molecule has 0 aromatic heterocycles. The average Bonchev–Trinajstić information content (AvgIpc) is 2.37. The van der Waals surface area contributed by atoms with E-state index in [1.807, 2.05) is 0 Å². The molecule has 0 aliphatic heterocycles. The number of hydrogen-bond donors (Lipinski definition) is 2. The van der Waals surface area contributed by atoms with E-state index in [1.54, 1.807) is 0 Å². The molecule has 20 heavy (non-hydrogen) atoms. The van der Waals surface area contributed by atoms with Gasteiger partial charge >= 0.3 is 5.97 Å². The van der Waals surface area contributed by atoms with E-state index in [0.717, 1.165) is 18.2 Å². The fourth-order valence-corrected chi connectivity index (χ4v) is 1.54. The molecule has 0 heterocycles. The normalized spacial score (nSPS) is 10.4. The van der Waals surface area contributed by atoms with Crippen molar-refractivity contribution in [2.75, 3.05) is 5.32 Å². The van der Waals surface area contributed by atoms with E-state index in [4.69, 9.17) is 5.11 Å². The highest BCUT2D eigenvalue weighted by molar-refractivity contribution is 5.88. The number of hydrogen-bond acceptors (Lipinski definition) is 2. The van der Waals surface area contributed by atoms with Crippen molar-refractivity contribution in [2.24, 2.45) is 0 Å². The summed E-state index contributed by atoms with van der Waals surface area (Å²) in [5, 5.41) is 10.7. The van der Waals surface area contributed by atoms with Crippen LogP contribution in [0.3, 0.4) is 0 Å². The fourth-order valence-electron chi connectivity index (χ4n) is 1.54. The Balaban J connectivity index is 2.44. The molecule has 2 aromatic carbocycles. The highest BCUT2D eigenvalue weighted by atomic mass is 19.1. The van der Waals surface area contributed by atoms with Gasteiger partial charge in [-0.05, 0) is 24.3 Å². The van der Waals surface area contributed by atoms with E-state index in [9.17, 15) is 22.4 Å².